The van der Waals surface area contributed by atoms with Crippen LogP contribution in [0.3, 0.4) is 0 Å². The van der Waals surface area contributed by atoms with Gasteiger partial charge in [-0.1, -0.05) is 42.5 Å². The molecule has 0 radical (unpaired) electrons. The van der Waals surface area contributed by atoms with Gasteiger partial charge < -0.3 is 20.1 Å². The van der Waals surface area contributed by atoms with Gasteiger partial charge in [0.25, 0.3) is 11.8 Å². The SMILES string of the molecule is CC1CN(C(=O)c2ccccc2OCC(N)=O)CC(c2ccccc2)O1. The molecule has 1 fully saturated rings. The molecule has 2 unspecified atom stereocenters. The number of ether oxygens (including phenoxy) is 2. The predicted molar refractivity (Wildman–Crippen MR) is 96.8 cm³/mol. The van der Waals surface area contributed by atoms with Crippen LogP contribution in [0.4, 0.5) is 0 Å². The number of nitrogens with zero attached hydrogens (tertiary/aromatic N) is 1. The van der Waals surface area contributed by atoms with Crippen LogP contribution in [0, 0.1) is 0 Å². The molecule has 2 amide bonds. The second-order valence-electron chi connectivity index (χ2n) is 6.31. The molecule has 1 saturated heterocycles. The van der Waals surface area contributed by atoms with Crippen molar-refractivity contribution in [2.45, 2.75) is 19.1 Å². The highest BCUT2D eigenvalue weighted by Crippen LogP contribution is 2.28. The second kappa shape index (κ2) is 8.01. The van der Waals surface area contributed by atoms with Gasteiger partial charge in [-0.05, 0) is 24.6 Å². The minimum atomic E-state index is -0.587. The van der Waals surface area contributed by atoms with Crippen LogP contribution in [-0.4, -0.2) is 42.5 Å². The predicted octanol–water partition coefficient (Wildman–Crippen LogP) is 2.15. The summed E-state index contributed by atoms with van der Waals surface area (Å²) in [5.41, 5.74) is 6.58. The number of carbonyl (C=O) groups excluding carboxylic acids is 2. The van der Waals surface area contributed by atoms with Gasteiger partial charge >= 0.3 is 0 Å². The maximum Gasteiger partial charge on any atom is 0.257 e. The zero-order chi connectivity index (χ0) is 18.5. The molecule has 136 valence electrons. The molecule has 2 atom stereocenters. The lowest BCUT2D eigenvalue weighted by atomic mass is 10.1. The third kappa shape index (κ3) is 4.21. The average Bonchev–Trinajstić information content (AvgIpc) is 2.66. The summed E-state index contributed by atoms with van der Waals surface area (Å²) in [6.45, 7) is 2.63. The molecule has 1 heterocycles. The Bertz CT molecular complexity index is 778. The minimum Gasteiger partial charge on any atom is -0.483 e. The molecule has 0 bridgehead atoms. The Morgan fingerprint density at radius 2 is 1.81 bits per heavy atom. The van der Waals surface area contributed by atoms with E-state index in [9.17, 15) is 9.59 Å². The van der Waals surface area contributed by atoms with Crippen molar-refractivity contribution < 1.29 is 19.1 Å². The molecule has 2 aromatic carbocycles. The number of hydrogen-bond donors (Lipinski definition) is 1. The largest absolute Gasteiger partial charge is 0.483 e. The average molecular weight is 354 g/mol. The van der Waals surface area contributed by atoms with E-state index < -0.39 is 5.91 Å². The summed E-state index contributed by atoms with van der Waals surface area (Å²) in [7, 11) is 0. The van der Waals surface area contributed by atoms with Crippen molar-refractivity contribution in [1.82, 2.24) is 4.90 Å². The van der Waals surface area contributed by atoms with Gasteiger partial charge in [0.15, 0.2) is 6.61 Å². The van der Waals surface area contributed by atoms with E-state index in [4.69, 9.17) is 15.2 Å². The van der Waals surface area contributed by atoms with E-state index in [1.807, 2.05) is 37.3 Å². The van der Waals surface area contributed by atoms with Crippen LogP contribution >= 0.6 is 0 Å². The lowest BCUT2D eigenvalue weighted by Gasteiger charge is -2.37. The number of para-hydroxylation sites is 1. The van der Waals surface area contributed by atoms with Crippen LogP contribution < -0.4 is 10.5 Å². The second-order valence-corrected chi connectivity index (χ2v) is 6.31. The number of benzene rings is 2. The Labute approximate surface area is 152 Å². The van der Waals surface area contributed by atoms with Gasteiger partial charge in [-0.15, -0.1) is 0 Å². The van der Waals surface area contributed by atoms with Gasteiger partial charge in [0, 0.05) is 6.54 Å². The van der Waals surface area contributed by atoms with E-state index >= 15 is 0 Å². The molecule has 26 heavy (non-hydrogen) atoms. The molecular formula is C20H22N2O4. The third-order valence-electron chi connectivity index (χ3n) is 4.21. The Morgan fingerprint density at radius 3 is 2.54 bits per heavy atom. The lowest BCUT2D eigenvalue weighted by molar-refractivity contribution is -0.119. The molecule has 2 aromatic rings. The number of primary amides is 1. The van der Waals surface area contributed by atoms with Crippen LogP contribution in [0.2, 0.25) is 0 Å². The first kappa shape index (κ1) is 17.9. The topological polar surface area (TPSA) is 81.9 Å². The molecule has 1 aliphatic heterocycles. The van der Waals surface area contributed by atoms with E-state index in [1.165, 1.54) is 0 Å². The van der Waals surface area contributed by atoms with Crippen molar-refractivity contribution in [2.24, 2.45) is 5.73 Å². The fraction of sp³-hybridized carbons (Fsp3) is 0.300. The van der Waals surface area contributed by atoms with Crippen molar-refractivity contribution in [3.63, 3.8) is 0 Å². The van der Waals surface area contributed by atoms with Crippen molar-refractivity contribution >= 4 is 11.8 Å². The van der Waals surface area contributed by atoms with Crippen LogP contribution in [0.5, 0.6) is 5.75 Å². The third-order valence-corrected chi connectivity index (χ3v) is 4.21. The maximum atomic E-state index is 13.1. The van der Waals surface area contributed by atoms with E-state index in [1.54, 1.807) is 29.2 Å². The molecule has 6 nitrogen and oxygen atoms in total. The molecule has 1 aliphatic rings. The molecule has 0 spiro atoms. The fourth-order valence-corrected chi connectivity index (χ4v) is 3.06. The zero-order valence-corrected chi connectivity index (χ0v) is 14.6. The van der Waals surface area contributed by atoms with Gasteiger partial charge in [0.2, 0.25) is 0 Å². The zero-order valence-electron chi connectivity index (χ0n) is 14.6. The molecule has 0 aliphatic carbocycles. The monoisotopic (exact) mass is 354 g/mol. The summed E-state index contributed by atoms with van der Waals surface area (Å²) >= 11 is 0. The molecule has 0 saturated carbocycles. The summed E-state index contributed by atoms with van der Waals surface area (Å²) in [6.07, 6.45) is -0.265. The molecular weight excluding hydrogens is 332 g/mol. The first-order valence-electron chi connectivity index (χ1n) is 8.54. The van der Waals surface area contributed by atoms with Crippen molar-refractivity contribution in [3.05, 3.63) is 65.7 Å². The molecule has 3 rings (SSSR count). The van der Waals surface area contributed by atoms with E-state index in [-0.39, 0.29) is 24.7 Å². The van der Waals surface area contributed by atoms with Crippen LogP contribution in [0.15, 0.2) is 54.6 Å². The van der Waals surface area contributed by atoms with Gasteiger partial charge in [-0.25, -0.2) is 0 Å². The van der Waals surface area contributed by atoms with Crippen molar-refractivity contribution in [2.75, 3.05) is 19.7 Å². The van der Waals surface area contributed by atoms with Crippen molar-refractivity contribution in [1.29, 1.82) is 0 Å². The highest BCUT2D eigenvalue weighted by atomic mass is 16.5. The Kier molecular flexibility index (Phi) is 5.53. The number of morpholine rings is 1. The molecule has 0 aromatic heterocycles. The highest BCUT2D eigenvalue weighted by molar-refractivity contribution is 5.97. The summed E-state index contributed by atoms with van der Waals surface area (Å²) in [5.74, 6) is -0.385. The summed E-state index contributed by atoms with van der Waals surface area (Å²) in [5, 5.41) is 0. The van der Waals surface area contributed by atoms with Crippen LogP contribution in [0.25, 0.3) is 0 Å². The maximum absolute atomic E-state index is 13.1. The quantitative estimate of drug-likeness (QED) is 0.892. The van der Waals surface area contributed by atoms with Gasteiger partial charge in [0.1, 0.15) is 11.9 Å². The Hall–Kier alpha value is -2.86. The Morgan fingerprint density at radius 1 is 1.12 bits per heavy atom. The Balaban J connectivity index is 1.80. The smallest absolute Gasteiger partial charge is 0.257 e. The highest BCUT2D eigenvalue weighted by Gasteiger charge is 2.31. The first-order chi connectivity index (χ1) is 12.5. The first-order valence-corrected chi connectivity index (χ1v) is 8.54. The number of rotatable bonds is 5. The summed E-state index contributed by atoms with van der Waals surface area (Å²) in [6, 6.07) is 16.7. The van der Waals surface area contributed by atoms with Gasteiger partial charge in [-0.3, -0.25) is 9.59 Å². The standard InChI is InChI=1S/C20H22N2O4/c1-14-11-22(12-18(26-14)15-7-3-2-4-8-15)20(24)16-9-5-6-10-17(16)25-13-19(21)23/h2-10,14,18H,11-13H2,1H3,(H2,21,23). The summed E-state index contributed by atoms with van der Waals surface area (Å²) in [4.78, 5) is 25.8. The number of hydrogen-bond acceptors (Lipinski definition) is 4. The fourth-order valence-electron chi connectivity index (χ4n) is 3.06. The normalized spacial score (nSPS) is 19.8. The van der Waals surface area contributed by atoms with Crippen LogP contribution in [-0.2, 0) is 9.53 Å². The van der Waals surface area contributed by atoms with Crippen molar-refractivity contribution in [3.8, 4) is 5.75 Å². The molecule has 6 heteroatoms. The minimum absolute atomic E-state index is 0.0865. The number of carbonyl (C=O) groups is 2. The van der Waals surface area contributed by atoms with Crippen LogP contribution in [0.1, 0.15) is 28.9 Å². The van der Waals surface area contributed by atoms with E-state index in [0.29, 0.717) is 24.4 Å². The number of amides is 2. The summed E-state index contributed by atoms with van der Waals surface area (Å²) < 4.78 is 11.4. The molecule has 2 N–H and O–H groups in total. The number of nitrogens with two attached hydrogens (primary N) is 1. The van der Waals surface area contributed by atoms with E-state index in [2.05, 4.69) is 0 Å². The van der Waals surface area contributed by atoms with Gasteiger partial charge in [-0.2, -0.15) is 0 Å². The van der Waals surface area contributed by atoms with E-state index in [0.717, 1.165) is 5.56 Å². The van der Waals surface area contributed by atoms with Gasteiger partial charge in [0.05, 0.1) is 18.2 Å². The lowest BCUT2D eigenvalue weighted by Crippen LogP contribution is -2.46.